The first kappa shape index (κ1) is 43.8. The quantitative estimate of drug-likeness (QED) is 0.231. The predicted octanol–water partition coefficient (Wildman–Crippen LogP) is 5.16. The van der Waals surface area contributed by atoms with Crippen LogP contribution < -0.4 is 4.74 Å². The number of methoxy groups -OCH3 is 1. The lowest BCUT2D eigenvalue weighted by molar-refractivity contribution is -0.340. The number of esters is 2. The van der Waals surface area contributed by atoms with Crippen molar-refractivity contribution in [2.24, 2.45) is 52.3 Å². The van der Waals surface area contributed by atoms with Crippen molar-refractivity contribution in [2.75, 3.05) is 26.9 Å². The van der Waals surface area contributed by atoms with E-state index in [9.17, 15) is 24.9 Å². The Bertz CT molecular complexity index is 1730. The minimum absolute atomic E-state index is 0.168. The Hall–Kier alpha value is -2.40. The van der Waals surface area contributed by atoms with Crippen LogP contribution in [0.5, 0.6) is 5.75 Å². The number of benzene rings is 1. The van der Waals surface area contributed by atoms with Crippen LogP contribution in [0.25, 0.3) is 0 Å². The van der Waals surface area contributed by atoms with Crippen molar-refractivity contribution in [1.82, 2.24) is 0 Å². The van der Waals surface area contributed by atoms with Gasteiger partial charge < -0.3 is 58.0 Å². The zero-order valence-corrected chi connectivity index (χ0v) is 36.6. The number of ether oxygens (including phenoxy) is 9. The van der Waals surface area contributed by atoms with Gasteiger partial charge in [-0.3, -0.25) is 4.79 Å². The normalized spacial score (nSPS) is 49.2. The maximum absolute atomic E-state index is 13.2. The highest BCUT2D eigenvalue weighted by molar-refractivity contribution is 5.89. The standard InChI is InChI=1S/C47H68O14/c1-24-13-18-47(56-21-24)25(2)37-36(61-47)20-33-31-12-9-28-19-30(14-16-45(28,4)32(31)15-17-46(33,37)5)58-44-41(57-26(3)48)39(35(50)23-55-44)60-43-40(38(51)34(49)22-54-43)59-42(52)27-7-10-29(53-6)11-8-27/h7-8,10-11,24-25,28,30-41,43-44,49-51H,9,12-23H2,1-6H3/t24-,25+,28+,30+,31-,32+,33+,34-,35+,36+,37+,38+,39+,40-,41-,43+,44+,45+,46+,47-/m1/s1. The maximum atomic E-state index is 13.2. The first-order valence-corrected chi connectivity index (χ1v) is 23.1. The number of hydrogen-bond donors (Lipinski definition) is 3. The summed E-state index contributed by atoms with van der Waals surface area (Å²) in [6.45, 7) is 11.3. The molecule has 61 heavy (non-hydrogen) atoms. The number of aliphatic hydroxyl groups is 3. The van der Waals surface area contributed by atoms with Crippen LogP contribution in [-0.4, -0.2) is 121 Å². The van der Waals surface area contributed by atoms with Crippen molar-refractivity contribution in [3.63, 3.8) is 0 Å². The van der Waals surface area contributed by atoms with E-state index >= 15 is 0 Å². The molecule has 8 fully saturated rings. The zero-order valence-electron chi connectivity index (χ0n) is 36.6. The molecule has 14 heteroatoms. The van der Waals surface area contributed by atoms with E-state index in [-0.39, 0.29) is 41.8 Å². The summed E-state index contributed by atoms with van der Waals surface area (Å²) in [4.78, 5) is 25.8. The Balaban J connectivity index is 0.857. The van der Waals surface area contributed by atoms with Gasteiger partial charge in [-0.15, -0.1) is 0 Å². The SMILES string of the molecule is COc1ccc(C(=O)O[C@H]2[C@H](O[C@@H]3[C@@H](OC(C)=O)[C@H](O[C@H]4CC[C@@]5(C)[C@@H](CC[C@@H]6[C@@H]5CC[C@]5(C)[C@@H]7[C@H](C[C@@H]65)O[C@]5(CC[C@@H](C)CO5)[C@H]7C)C4)OC[C@@H]3O)OC[C@@H](O)[C@@H]2O)cc1. The van der Waals surface area contributed by atoms with Crippen LogP contribution in [0.15, 0.2) is 24.3 Å². The van der Waals surface area contributed by atoms with Gasteiger partial charge in [0.05, 0.1) is 44.7 Å². The lowest BCUT2D eigenvalue weighted by Gasteiger charge is -2.61. The molecule has 14 nitrogen and oxygen atoms in total. The molecule has 4 saturated heterocycles. The molecule has 0 amide bonds. The minimum Gasteiger partial charge on any atom is -0.497 e. The molecule has 8 aliphatic rings. The van der Waals surface area contributed by atoms with Gasteiger partial charge in [0.1, 0.15) is 30.2 Å². The fraction of sp³-hybridized carbons (Fsp3) is 0.830. The van der Waals surface area contributed by atoms with E-state index in [0.29, 0.717) is 47.2 Å². The topological polar surface area (TPSA) is 178 Å². The molecule has 3 N–H and O–H groups in total. The van der Waals surface area contributed by atoms with E-state index in [0.717, 1.165) is 45.1 Å². The summed E-state index contributed by atoms with van der Waals surface area (Å²) in [5.41, 5.74) is 0.618. The average molecular weight is 857 g/mol. The molecule has 4 aliphatic heterocycles. The van der Waals surface area contributed by atoms with Gasteiger partial charge in [0.25, 0.3) is 0 Å². The summed E-state index contributed by atoms with van der Waals surface area (Å²) >= 11 is 0. The summed E-state index contributed by atoms with van der Waals surface area (Å²) in [6.07, 6.45) is 0.276. The first-order valence-electron chi connectivity index (χ1n) is 23.1. The van der Waals surface area contributed by atoms with E-state index in [1.165, 1.54) is 51.8 Å². The van der Waals surface area contributed by atoms with Gasteiger partial charge >= 0.3 is 11.9 Å². The molecule has 9 rings (SSSR count). The lowest BCUT2D eigenvalue weighted by Crippen LogP contribution is -2.62. The number of carbonyl (C=O) groups excluding carboxylic acids is 2. The highest BCUT2D eigenvalue weighted by Gasteiger charge is 2.69. The van der Waals surface area contributed by atoms with Gasteiger partial charge in [0, 0.05) is 19.3 Å². The highest BCUT2D eigenvalue weighted by atomic mass is 16.8. The minimum atomic E-state index is -1.57. The highest BCUT2D eigenvalue weighted by Crippen LogP contribution is 2.71. The van der Waals surface area contributed by atoms with Gasteiger partial charge in [0.15, 0.2) is 30.6 Å². The fourth-order valence-electron chi connectivity index (χ4n) is 14.0. The Morgan fingerprint density at radius 2 is 1.48 bits per heavy atom. The second kappa shape index (κ2) is 16.9. The molecule has 20 atom stereocenters. The van der Waals surface area contributed by atoms with Crippen molar-refractivity contribution in [3.05, 3.63) is 29.8 Å². The first-order chi connectivity index (χ1) is 29.1. The summed E-state index contributed by atoms with van der Waals surface area (Å²) in [7, 11) is 1.51. The van der Waals surface area contributed by atoms with Crippen molar-refractivity contribution < 1.29 is 67.5 Å². The second-order valence-corrected chi connectivity index (χ2v) is 20.5. The largest absolute Gasteiger partial charge is 0.497 e. The molecule has 4 heterocycles. The number of rotatable bonds is 8. The summed E-state index contributed by atoms with van der Waals surface area (Å²) < 4.78 is 55.0. The Kier molecular flexibility index (Phi) is 12.1. The molecule has 1 spiro atoms. The molecule has 4 saturated carbocycles. The molecule has 4 aliphatic carbocycles. The molecule has 1 aromatic rings. The molecule has 0 radical (unpaired) electrons. The summed E-state index contributed by atoms with van der Waals surface area (Å²) in [5, 5.41) is 32.7. The second-order valence-electron chi connectivity index (χ2n) is 20.5. The third-order valence-corrected chi connectivity index (χ3v) is 17.2. The average Bonchev–Trinajstić information content (AvgIpc) is 3.69. The summed E-state index contributed by atoms with van der Waals surface area (Å²) in [6, 6.07) is 6.20. The number of fused-ring (bicyclic) bond motifs is 7. The van der Waals surface area contributed by atoms with Crippen molar-refractivity contribution in [3.8, 4) is 5.75 Å². The van der Waals surface area contributed by atoms with E-state index in [4.69, 9.17) is 42.6 Å². The smallest absolute Gasteiger partial charge is 0.338 e. The molecule has 0 aromatic heterocycles. The van der Waals surface area contributed by atoms with Crippen LogP contribution in [-0.2, 0) is 42.7 Å². The van der Waals surface area contributed by atoms with E-state index in [1.807, 2.05) is 0 Å². The predicted molar refractivity (Wildman–Crippen MR) is 217 cm³/mol. The van der Waals surface area contributed by atoms with Gasteiger partial charge in [-0.05, 0) is 128 Å². The Morgan fingerprint density at radius 1 is 0.754 bits per heavy atom. The number of hydrogen-bond acceptors (Lipinski definition) is 14. The monoisotopic (exact) mass is 856 g/mol. The van der Waals surface area contributed by atoms with Crippen LogP contribution in [0.2, 0.25) is 0 Å². The van der Waals surface area contributed by atoms with Gasteiger partial charge in [0.2, 0.25) is 0 Å². The van der Waals surface area contributed by atoms with Gasteiger partial charge in [-0.2, -0.15) is 0 Å². The van der Waals surface area contributed by atoms with Crippen LogP contribution in [0, 0.1) is 52.3 Å². The Labute approximate surface area is 359 Å². The molecule has 1 aromatic carbocycles. The van der Waals surface area contributed by atoms with E-state index in [1.54, 1.807) is 12.1 Å². The third-order valence-electron chi connectivity index (χ3n) is 17.2. The van der Waals surface area contributed by atoms with Crippen molar-refractivity contribution in [2.45, 2.75) is 166 Å². The van der Waals surface area contributed by atoms with Gasteiger partial charge in [-0.25, -0.2) is 4.79 Å². The molecule has 0 bridgehead atoms. The molecular formula is C47H68O14. The summed E-state index contributed by atoms with van der Waals surface area (Å²) in [5.74, 6) is 2.69. The zero-order chi connectivity index (χ0) is 43.0. The fourth-order valence-corrected chi connectivity index (χ4v) is 14.0. The number of aliphatic hydroxyl groups excluding tert-OH is 3. The van der Waals surface area contributed by atoms with E-state index in [2.05, 4.69) is 27.7 Å². The molecular weight excluding hydrogens is 789 g/mol. The maximum Gasteiger partial charge on any atom is 0.338 e. The molecule has 340 valence electrons. The van der Waals surface area contributed by atoms with Crippen LogP contribution in [0.4, 0.5) is 0 Å². The van der Waals surface area contributed by atoms with E-state index < -0.39 is 66.9 Å². The molecule has 0 unspecified atom stereocenters. The van der Waals surface area contributed by atoms with Crippen molar-refractivity contribution in [1.29, 1.82) is 0 Å². The van der Waals surface area contributed by atoms with Crippen molar-refractivity contribution >= 4 is 11.9 Å². The number of carbonyl (C=O) groups is 2. The van der Waals surface area contributed by atoms with Gasteiger partial charge in [-0.1, -0.05) is 27.7 Å². The lowest BCUT2D eigenvalue weighted by atomic mass is 9.44. The van der Waals surface area contributed by atoms with Crippen LogP contribution >= 0.6 is 0 Å². The third kappa shape index (κ3) is 7.75. The van der Waals surface area contributed by atoms with Crippen LogP contribution in [0.3, 0.4) is 0 Å². The Morgan fingerprint density at radius 3 is 2.18 bits per heavy atom. The van der Waals surface area contributed by atoms with Crippen LogP contribution in [0.1, 0.15) is 109 Å².